The highest BCUT2D eigenvalue weighted by Gasteiger charge is 2.44. The Morgan fingerprint density at radius 2 is 1.68 bits per heavy atom. The van der Waals surface area contributed by atoms with Gasteiger partial charge >= 0.3 is 5.97 Å². The number of amides is 1. The monoisotopic (exact) mass is 466 g/mol. The van der Waals surface area contributed by atoms with Crippen molar-refractivity contribution in [1.29, 1.82) is 0 Å². The minimum Gasteiger partial charge on any atom is -0.486 e. The van der Waals surface area contributed by atoms with E-state index in [1.807, 2.05) is 36.4 Å². The summed E-state index contributed by atoms with van der Waals surface area (Å²) in [6, 6.07) is 17.0. The highest BCUT2D eigenvalue weighted by atomic mass is 16.7. The number of Topliss-reactive ketones (excluding diaryl/α,β-unsaturated/α-hetero) is 1. The van der Waals surface area contributed by atoms with Crippen LogP contribution in [0.25, 0.3) is 0 Å². The molecule has 0 radical (unpaired) electrons. The highest BCUT2D eigenvalue weighted by molar-refractivity contribution is 6.06. The molecule has 1 N–H and O–H groups in total. The lowest BCUT2D eigenvalue weighted by molar-refractivity contribution is -0.157. The van der Waals surface area contributed by atoms with Gasteiger partial charge in [0.2, 0.25) is 5.60 Å². The van der Waals surface area contributed by atoms with Crippen LogP contribution in [0.3, 0.4) is 0 Å². The molecule has 1 unspecified atom stereocenters. The van der Waals surface area contributed by atoms with Crippen molar-refractivity contribution in [3.8, 4) is 5.75 Å². The van der Waals surface area contributed by atoms with Crippen LogP contribution in [0.4, 0.5) is 0 Å². The van der Waals surface area contributed by atoms with Crippen molar-refractivity contribution in [1.82, 2.24) is 5.32 Å². The van der Waals surface area contributed by atoms with Gasteiger partial charge in [-0.15, -0.1) is 0 Å². The van der Waals surface area contributed by atoms with Gasteiger partial charge in [-0.3, -0.25) is 14.4 Å². The molecule has 8 heteroatoms. The number of hydrogen-bond donors (Lipinski definition) is 1. The van der Waals surface area contributed by atoms with E-state index in [1.54, 1.807) is 52.0 Å². The van der Waals surface area contributed by atoms with E-state index in [9.17, 15) is 14.4 Å². The quantitative estimate of drug-likeness (QED) is 0.568. The number of nitrogens with one attached hydrogen (secondary N) is 1. The molecule has 2 aromatic carbocycles. The standard InChI is InChI=1S/C26H30N2O6/c1-25(2,3)33-23(30)15-20(22(29)17-32-19-13-9-6-10-14-19)27-24(31)26(4)16-21(28-34-26)18-11-7-5-8-12-18/h5-14,20H,15-17H2,1-4H3,(H,27,31)/t20-,26?/m0/s1. The van der Waals surface area contributed by atoms with Crippen molar-refractivity contribution < 1.29 is 28.7 Å². The van der Waals surface area contributed by atoms with Crippen molar-refractivity contribution in [2.75, 3.05) is 6.61 Å². The van der Waals surface area contributed by atoms with Gasteiger partial charge in [0.05, 0.1) is 12.1 Å². The van der Waals surface area contributed by atoms with E-state index >= 15 is 0 Å². The first kappa shape index (κ1) is 25.0. The number of hydrogen-bond acceptors (Lipinski definition) is 7. The largest absolute Gasteiger partial charge is 0.486 e. The molecule has 0 saturated carbocycles. The normalized spacial score (nSPS) is 18.3. The van der Waals surface area contributed by atoms with Crippen LogP contribution in [0, 0.1) is 0 Å². The van der Waals surface area contributed by atoms with Crippen LogP contribution in [0.2, 0.25) is 0 Å². The zero-order valence-corrected chi connectivity index (χ0v) is 19.9. The Labute approximate surface area is 199 Å². The number of oxime groups is 1. The van der Waals surface area contributed by atoms with E-state index in [0.717, 1.165) is 5.56 Å². The summed E-state index contributed by atoms with van der Waals surface area (Å²) in [6.07, 6.45) is -0.112. The number of ether oxygens (including phenoxy) is 2. The number of nitrogens with zero attached hydrogens (tertiary/aromatic N) is 1. The number of benzene rings is 2. The summed E-state index contributed by atoms with van der Waals surface area (Å²) in [6.45, 7) is 6.47. The molecule has 3 rings (SSSR count). The molecule has 0 aliphatic carbocycles. The Bertz CT molecular complexity index is 1050. The van der Waals surface area contributed by atoms with E-state index in [2.05, 4.69) is 10.5 Å². The van der Waals surface area contributed by atoms with E-state index in [-0.39, 0.29) is 19.4 Å². The Balaban J connectivity index is 1.68. The Morgan fingerprint density at radius 1 is 1.06 bits per heavy atom. The molecule has 1 heterocycles. The third-order valence-corrected chi connectivity index (χ3v) is 5.06. The Morgan fingerprint density at radius 3 is 2.29 bits per heavy atom. The second-order valence-corrected chi connectivity index (χ2v) is 9.29. The van der Waals surface area contributed by atoms with Crippen LogP contribution in [-0.4, -0.2) is 47.2 Å². The van der Waals surface area contributed by atoms with Gasteiger partial charge in [0.15, 0.2) is 5.78 Å². The van der Waals surface area contributed by atoms with E-state index < -0.39 is 34.9 Å². The SMILES string of the molecule is CC(C)(C)OC(=O)C[C@H](NC(=O)C1(C)CC(c2ccccc2)=NO1)C(=O)COc1ccccc1. The summed E-state index contributed by atoms with van der Waals surface area (Å²) in [5, 5.41) is 6.73. The first-order valence-electron chi connectivity index (χ1n) is 11.1. The minimum absolute atomic E-state index is 0.219. The van der Waals surface area contributed by atoms with Crippen molar-refractivity contribution in [2.24, 2.45) is 5.16 Å². The van der Waals surface area contributed by atoms with Crippen molar-refractivity contribution in [3.05, 3.63) is 66.2 Å². The fourth-order valence-corrected chi connectivity index (χ4v) is 3.32. The fraction of sp³-hybridized carbons (Fsp3) is 0.385. The molecule has 180 valence electrons. The summed E-state index contributed by atoms with van der Waals surface area (Å²) in [5.74, 6) is -1.12. The molecular weight excluding hydrogens is 436 g/mol. The summed E-state index contributed by atoms with van der Waals surface area (Å²) >= 11 is 0. The van der Waals surface area contributed by atoms with Gasteiger partial charge in [-0.1, -0.05) is 53.7 Å². The van der Waals surface area contributed by atoms with Crippen LogP contribution < -0.4 is 10.1 Å². The van der Waals surface area contributed by atoms with Gasteiger partial charge in [-0.2, -0.15) is 0 Å². The van der Waals surface area contributed by atoms with Crippen LogP contribution in [0.1, 0.15) is 46.1 Å². The number of carbonyl (C=O) groups is 3. The third-order valence-electron chi connectivity index (χ3n) is 5.06. The van der Waals surface area contributed by atoms with Gasteiger partial charge in [0.25, 0.3) is 5.91 Å². The number of rotatable bonds is 9. The Kier molecular flexibility index (Phi) is 7.71. The van der Waals surface area contributed by atoms with Crippen LogP contribution in [-0.2, 0) is 24.0 Å². The predicted octanol–water partition coefficient (Wildman–Crippen LogP) is 3.43. The molecule has 0 aromatic heterocycles. The molecule has 2 aromatic rings. The topological polar surface area (TPSA) is 103 Å². The predicted molar refractivity (Wildman–Crippen MR) is 126 cm³/mol. The molecule has 8 nitrogen and oxygen atoms in total. The zero-order valence-electron chi connectivity index (χ0n) is 19.9. The van der Waals surface area contributed by atoms with Gasteiger partial charge in [0.1, 0.15) is 24.0 Å². The van der Waals surface area contributed by atoms with Gasteiger partial charge in [-0.05, 0) is 45.4 Å². The maximum Gasteiger partial charge on any atom is 0.308 e. The maximum absolute atomic E-state index is 13.1. The molecule has 1 amide bonds. The van der Waals surface area contributed by atoms with E-state index in [0.29, 0.717) is 11.5 Å². The zero-order chi connectivity index (χ0) is 24.8. The smallest absolute Gasteiger partial charge is 0.308 e. The second kappa shape index (κ2) is 10.5. The average Bonchev–Trinajstić information content (AvgIpc) is 3.20. The molecule has 1 aliphatic heterocycles. The Hall–Kier alpha value is -3.68. The lowest BCUT2D eigenvalue weighted by Crippen LogP contribution is -2.52. The minimum atomic E-state index is -1.32. The van der Waals surface area contributed by atoms with Crippen molar-refractivity contribution >= 4 is 23.4 Å². The summed E-state index contributed by atoms with van der Waals surface area (Å²) in [7, 11) is 0. The van der Waals surface area contributed by atoms with E-state index in [1.165, 1.54) is 0 Å². The number of esters is 1. The van der Waals surface area contributed by atoms with E-state index in [4.69, 9.17) is 14.3 Å². The molecule has 0 spiro atoms. The molecule has 0 bridgehead atoms. The average molecular weight is 467 g/mol. The maximum atomic E-state index is 13.1. The first-order valence-corrected chi connectivity index (χ1v) is 11.1. The molecule has 0 fully saturated rings. The van der Waals surface area contributed by atoms with Crippen LogP contribution >= 0.6 is 0 Å². The molecule has 0 saturated heterocycles. The van der Waals surface area contributed by atoms with Gasteiger partial charge < -0.3 is 19.6 Å². The lowest BCUT2D eigenvalue weighted by atomic mass is 9.94. The van der Waals surface area contributed by atoms with Gasteiger partial charge in [0, 0.05) is 6.42 Å². The summed E-state index contributed by atoms with van der Waals surface area (Å²) in [5.41, 5.74) is -0.580. The fourth-order valence-electron chi connectivity index (χ4n) is 3.32. The molecule has 2 atom stereocenters. The van der Waals surface area contributed by atoms with Crippen molar-refractivity contribution in [2.45, 2.75) is 57.8 Å². The molecule has 1 aliphatic rings. The number of carbonyl (C=O) groups excluding carboxylic acids is 3. The molecule has 34 heavy (non-hydrogen) atoms. The summed E-state index contributed by atoms with van der Waals surface area (Å²) < 4.78 is 10.9. The van der Waals surface area contributed by atoms with Gasteiger partial charge in [-0.25, -0.2) is 0 Å². The second-order valence-electron chi connectivity index (χ2n) is 9.29. The first-order chi connectivity index (χ1) is 16.1. The highest BCUT2D eigenvalue weighted by Crippen LogP contribution is 2.27. The van der Waals surface area contributed by atoms with Crippen LogP contribution in [0.15, 0.2) is 65.8 Å². The van der Waals surface area contributed by atoms with Crippen molar-refractivity contribution in [3.63, 3.8) is 0 Å². The number of ketones is 1. The van der Waals surface area contributed by atoms with Crippen LogP contribution in [0.5, 0.6) is 5.75 Å². The third kappa shape index (κ3) is 6.91. The lowest BCUT2D eigenvalue weighted by Gasteiger charge is -2.26. The number of para-hydroxylation sites is 1. The summed E-state index contributed by atoms with van der Waals surface area (Å²) in [4.78, 5) is 44.0. The molecular formula is C26H30N2O6.